The Bertz CT molecular complexity index is 957. The van der Waals surface area contributed by atoms with Gasteiger partial charge < -0.3 is 18.8 Å². The van der Waals surface area contributed by atoms with Crippen molar-refractivity contribution in [2.75, 3.05) is 33.2 Å². The molecule has 0 N–H and O–H groups in total. The van der Waals surface area contributed by atoms with Gasteiger partial charge in [0.05, 0.1) is 19.6 Å². The first kappa shape index (κ1) is 15.2. The van der Waals surface area contributed by atoms with Gasteiger partial charge in [-0.2, -0.15) is 0 Å². The van der Waals surface area contributed by atoms with Crippen molar-refractivity contribution in [1.82, 2.24) is 0 Å². The summed E-state index contributed by atoms with van der Waals surface area (Å²) in [7, 11) is 6.87. The van der Waals surface area contributed by atoms with E-state index in [1.807, 2.05) is 38.1 Å². The normalized spacial score (nSPS) is 11.0. The van der Waals surface area contributed by atoms with Gasteiger partial charge in [0, 0.05) is 20.2 Å². The van der Waals surface area contributed by atoms with Gasteiger partial charge >= 0.3 is 0 Å². The number of aryl methyl sites for hydroxylation is 1. The molecule has 3 rings (SSSR count). The molecule has 0 saturated heterocycles. The molecule has 2 aromatic carbocycles. The van der Waals surface area contributed by atoms with Gasteiger partial charge in [-0.15, -0.1) is 0 Å². The molecule has 0 unspecified atom stereocenters. The fourth-order valence-electron chi connectivity index (χ4n) is 2.86. The minimum absolute atomic E-state index is 0.104. The fraction of sp³-hybridized carbons (Fsp3) is 0.278. The van der Waals surface area contributed by atoms with Gasteiger partial charge in [-0.1, -0.05) is 12.1 Å². The SMILES string of the molecule is COc1cc(OC)c2c(=O)c3cccc(C)c3oc2c1N(C)C. The molecule has 1 heterocycles. The Labute approximate surface area is 134 Å². The van der Waals surface area contributed by atoms with Crippen molar-refractivity contribution < 1.29 is 13.9 Å². The summed E-state index contributed by atoms with van der Waals surface area (Å²) in [4.78, 5) is 14.9. The summed E-state index contributed by atoms with van der Waals surface area (Å²) in [6.45, 7) is 1.92. The van der Waals surface area contributed by atoms with E-state index >= 15 is 0 Å². The fourth-order valence-corrected chi connectivity index (χ4v) is 2.86. The summed E-state index contributed by atoms with van der Waals surface area (Å²) in [5.41, 5.74) is 2.58. The van der Waals surface area contributed by atoms with Crippen LogP contribution in [0.3, 0.4) is 0 Å². The predicted molar refractivity (Wildman–Crippen MR) is 92.2 cm³/mol. The van der Waals surface area contributed by atoms with Crippen molar-refractivity contribution in [1.29, 1.82) is 0 Å². The van der Waals surface area contributed by atoms with E-state index < -0.39 is 0 Å². The van der Waals surface area contributed by atoms with Crippen molar-refractivity contribution in [3.63, 3.8) is 0 Å². The van der Waals surface area contributed by atoms with Crippen LogP contribution in [0.1, 0.15) is 5.56 Å². The number of nitrogens with zero attached hydrogens (tertiary/aromatic N) is 1. The molecule has 0 amide bonds. The molecule has 0 spiro atoms. The Morgan fingerprint density at radius 1 is 1.04 bits per heavy atom. The number of hydrogen-bond donors (Lipinski definition) is 0. The van der Waals surface area contributed by atoms with E-state index in [1.54, 1.807) is 19.2 Å². The lowest BCUT2D eigenvalue weighted by atomic mass is 10.1. The summed E-state index contributed by atoms with van der Waals surface area (Å²) in [6, 6.07) is 7.26. The predicted octanol–water partition coefficient (Wildman–Crippen LogP) is 3.34. The molecule has 3 aromatic rings. The van der Waals surface area contributed by atoms with Crippen LogP contribution in [0.25, 0.3) is 21.9 Å². The standard InChI is InChI=1S/C18H19NO4/c1-10-7-6-8-11-16(20)14-12(21-4)9-13(22-5)15(19(2)3)18(14)23-17(10)11/h6-9H,1-5H3. The molecule has 23 heavy (non-hydrogen) atoms. The molecule has 0 aliphatic carbocycles. The number of hydrogen-bond acceptors (Lipinski definition) is 5. The van der Waals surface area contributed by atoms with Gasteiger partial charge in [-0.05, 0) is 18.6 Å². The molecule has 0 atom stereocenters. The maximum atomic E-state index is 13.0. The molecule has 5 heteroatoms. The molecule has 0 fully saturated rings. The molecular weight excluding hydrogens is 294 g/mol. The van der Waals surface area contributed by atoms with Crippen LogP contribution in [-0.4, -0.2) is 28.3 Å². The number of anilines is 1. The third kappa shape index (κ3) is 2.20. The molecule has 120 valence electrons. The van der Waals surface area contributed by atoms with Crippen molar-refractivity contribution in [3.05, 3.63) is 40.1 Å². The van der Waals surface area contributed by atoms with E-state index in [9.17, 15) is 4.79 Å². The molecular formula is C18H19NO4. The number of rotatable bonds is 3. The smallest absolute Gasteiger partial charge is 0.204 e. The quantitative estimate of drug-likeness (QED) is 0.694. The zero-order valence-corrected chi connectivity index (χ0v) is 13.9. The molecule has 0 radical (unpaired) electrons. The van der Waals surface area contributed by atoms with Crippen molar-refractivity contribution in [2.45, 2.75) is 6.92 Å². The molecule has 0 aliphatic heterocycles. The lowest BCUT2D eigenvalue weighted by Crippen LogP contribution is -2.13. The van der Waals surface area contributed by atoms with Gasteiger partial charge in [0.25, 0.3) is 0 Å². The molecule has 0 saturated carbocycles. The maximum Gasteiger partial charge on any atom is 0.204 e. The summed E-state index contributed by atoms with van der Waals surface area (Å²) >= 11 is 0. The van der Waals surface area contributed by atoms with E-state index in [1.165, 1.54) is 7.11 Å². The van der Waals surface area contributed by atoms with Crippen LogP contribution in [0.4, 0.5) is 5.69 Å². The summed E-state index contributed by atoms with van der Waals surface area (Å²) < 4.78 is 17.0. The summed E-state index contributed by atoms with van der Waals surface area (Å²) in [6.07, 6.45) is 0. The molecule has 0 aliphatic rings. The van der Waals surface area contributed by atoms with Crippen LogP contribution >= 0.6 is 0 Å². The van der Waals surface area contributed by atoms with E-state index in [0.29, 0.717) is 39.1 Å². The Kier molecular flexibility index (Phi) is 3.64. The lowest BCUT2D eigenvalue weighted by molar-refractivity contribution is 0.397. The van der Waals surface area contributed by atoms with Crippen molar-refractivity contribution >= 4 is 27.6 Å². The van der Waals surface area contributed by atoms with Crippen LogP contribution in [0, 0.1) is 6.92 Å². The third-order valence-corrected chi connectivity index (χ3v) is 3.96. The first-order valence-electron chi connectivity index (χ1n) is 7.28. The number of ether oxygens (including phenoxy) is 2. The second-order valence-corrected chi connectivity index (χ2v) is 5.61. The molecule has 0 bridgehead atoms. The minimum Gasteiger partial charge on any atom is -0.496 e. The van der Waals surface area contributed by atoms with Crippen LogP contribution < -0.4 is 19.8 Å². The largest absolute Gasteiger partial charge is 0.496 e. The van der Waals surface area contributed by atoms with Crippen LogP contribution in [-0.2, 0) is 0 Å². The van der Waals surface area contributed by atoms with Crippen molar-refractivity contribution in [2.24, 2.45) is 0 Å². The summed E-state index contributed by atoms with van der Waals surface area (Å²) in [5.74, 6) is 1.04. The summed E-state index contributed by atoms with van der Waals surface area (Å²) in [5, 5.41) is 0.973. The molecule has 5 nitrogen and oxygen atoms in total. The monoisotopic (exact) mass is 313 g/mol. The topological polar surface area (TPSA) is 51.9 Å². The maximum absolute atomic E-state index is 13.0. The minimum atomic E-state index is -0.104. The average molecular weight is 313 g/mol. The second-order valence-electron chi connectivity index (χ2n) is 5.61. The lowest BCUT2D eigenvalue weighted by Gasteiger charge is -2.20. The highest BCUT2D eigenvalue weighted by atomic mass is 16.5. The van der Waals surface area contributed by atoms with E-state index in [0.717, 1.165) is 5.56 Å². The zero-order valence-electron chi connectivity index (χ0n) is 13.9. The Morgan fingerprint density at radius 3 is 2.35 bits per heavy atom. The van der Waals surface area contributed by atoms with Crippen LogP contribution in [0.15, 0.2) is 33.5 Å². The van der Waals surface area contributed by atoms with Crippen LogP contribution in [0.5, 0.6) is 11.5 Å². The van der Waals surface area contributed by atoms with Gasteiger partial charge in [0.2, 0.25) is 5.43 Å². The highest BCUT2D eigenvalue weighted by Gasteiger charge is 2.21. The Morgan fingerprint density at radius 2 is 1.74 bits per heavy atom. The van der Waals surface area contributed by atoms with Crippen molar-refractivity contribution in [3.8, 4) is 11.5 Å². The van der Waals surface area contributed by atoms with E-state index in [4.69, 9.17) is 13.9 Å². The first-order chi connectivity index (χ1) is 11.0. The zero-order chi connectivity index (χ0) is 16.7. The van der Waals surface area contributed by atoms with Gasteiger partial charge in [-0.25, -0.2) is 0 Å². The second kappa shape index (κ2) is 5.50. The Balaban J connectivity index is 2.64. The van der Waals surface area contributed by atoms with Gasteiger partial charge in [0.1, 0.15) is 28.2 Å². The highest BCUT2D eigenvalue weighted by Crippen LogP contribution is 2.41. The highest BCUT2D eigenvalue weighted by molar-refractivity contribution is 6.02. The average Bonchev–Trinajstić information content (AvgIpc) is 2.54. The number of methoxy groups -OCH3 is 2. The molecule has 1 aromatic heterocycles. The van der Waals surface area contributed by atoms with Gasteiger partial charge in [-0.3, -0.25) is 4.79 Å². The van der Waals surface area contributed by atoms with Gasteiger partial charge in [0.15, 0.2) is 5.58 Å². The third-order valence-electron chi connectivity index (χ3n) is 3.96. The Hall–Kier alpha value is -2.69. The van der Waals surface area contributed by atoms with E-state index in [-0.39, 0.29) is 5.43 Å². The number of benzene rings is 2. The number of fused-ring (bicyclic) bond motifs is 2. The number of para-hydroxylation sites is 1. The first-order valence-corrected chi connectivity index (χ1v) is 7.28. The van der Waals surface area contributed by atoms with E-state index in [2.05, 4.69) is 0 Å². The van der Waals surface area contributed by atoms with Crippen LogP contribution in [0.2, 0.25) is 0 Å².